The van der Waals surface area contributed by atoms with Crippen molar-refractivity contribution in [3.8, 4) is 0 Å². The summed E-state index contributed by atoms with van der Waals surface area (Å²) in [4.78, 5) is 18.7. The molecule has 0 saturated carbocycles. The zero-order valence-corrected chi connectivity index (χ0v) is 17.4. The Bertz CT molecular complexity index is 653. The highest BCUT2D eigenvalue weighted by Gasteiger charge is 2.34. The summed E-state index contributed by atoms with van der Waals surface area (Å²) in [5.41, 5.74) is 2.61. The van der Waals surface area contributed by atoms with E-state index in [-0.39, 0.29) is 6.42 Å². The van der Waals surface area contributed by atoms with Crippen LogP contribution in [0.5, 0.6) is 0 Å². The molecule has 1 aromatic rings. The van der Waals surface area contributed by atoms with Crippen molar-refractivity contribution in [3.05, 3.63) is 41.5 Å². The molecule has 2 saturated heterocycles. The van der Waals surface area contributed by atoms with E-state index >= 15 is 0 Å². The number of hydrogen-bond donors (Lipinski definition) is 1. The Morgan fingerprint density at radius 2 is 1.86 bits per heavy atom. The molecule has 2 aliphatic heterocycles. The fraction of sp³-hybridized carbons (Fsp3) is 0.609. The van der Waals surface area contributed by atoms with Gasteiger partial charge in [-0.2, -0.15) is 0 Å². The number of likely N-dealkylation sites (tertiary alicyclic amines) is 1. The van der Waals surface area contributed by atoms with E-state index in [4.69, 9.17) is 0 Å². The summed E-state index contributed by atoms with van der Waals surface area (Å²) in [7, 11) is 2.18. The van der Waals surface area contributed by atoms with Gasteiger partial charge in [-0.05, 0) is 44.8 Å². The highest BCUT2D eigenvalue weighted by molar-refractivity contribution is 5.66. The third-order valence-electron chi connectivity index (χ3n) is 6.20. The molecular formula is C23H35N3O2. The fourth-order valence-corrected chi connectivity index (χ4v) is 4.70. The minimum absolute atomic E-state index is 0.279. The van der Waals surface area contributed by atoms with Crippen molar-refractivity contribution in [3.63, 3.8) is 0 Å². The largest absolute Gasteiger partial charge is 0.481 e. The van der Waals surface area contributed by atoms with E-state index in [9.17, 15) is 9.90 Å². The van der Waals surface area contributed by atoms with Gasteiger partial charge in [0, 0.05) is 51.7 Å². The van der Waals surface area contributed by atoms with Gasteiger partial charge in [-0.15, -0.1) is 0 Å². The van der Waals surface area contributed by atoms with Crippen LogP contribution in [0.3, 0.4) is 0 Å². The summed E-state index contributed by atoms with van der Waals surface area (Å²) in [6.45, 7) is 9.72. The number of carboxylic acids is 1. The van der Waals surface area contributed by atoms with Crippen molar-refractivity contribution < 1.29 is 9.90 Å². The van der Waals surface area contributed by atoms with Gasteiger partial charge in [0.05, 0.1) is 0 Å². The Kier molecular flexibility index (Phi) is 7.65. The van der Waals surface area contributed by atoms with E-state index in [0.717, 1.165) is 58.7 Å². The first-order chi connectivity index (χ1) is 13.5. The van der Waals surface area contributed by atoms with E-state index < -0.39 is 5.97 Å². The lowest BCUT2D eigenvalue weighted by atomic mass is 9.86. The zero-order chi connectivity index (χ0) is 19.9. The number of hydrogen-bond acceptors (Lipinski definition) is 4. The summed E-state index contributed by atoms with van der Waals surface area (Å²) in [5.74, 6) is -0.229. The van der Waals surface area contributed by atoms with E-state index in [0.29, 0.717) is 12.0 Å². The lowest BCUT2D eigenvalue weighted by Gasteiger charge is -2.46. The number of benzene rings is 1. The van der Waals surface area contributed by atoms with Crippen LogP contribution in [0, 0.1) is 5.92 Å². The maximum Gasteiger partial charge on any atom is 0.303 e. The number of nitrogens with zero attached hydrogens (tertiary/aromatic N) is 3. The van der Waals surface area contributed by atoms with E-state index in [1.807, 2.05) is 6.07 Å². The number of rotatable bonds is 7. The lowest BCUT2D eigenvalue weighted by Crippen LogP contribution is -2.56. The second-order valence-corrected chi connectivity index (χ2v) is 8.52. The molecule has 5 nitrogen and oxygen atoms in total. The molecule has 0 spiro atoms. The summed E-state index contributed by atoms with van der Waals surface area (Å²) < 4.78 is 0. The Balaban J connectivity index is 1.61. The topological polar surface area (TPSA) is 47.0 Å². The number of piperazine rings is 1. The molecule has 0 amide bonds. The SMILES string of the molecule is CC(=Cc1ccccc1)CN1CC[C@H](N2CCN(C)CC2)[C@H](CCC(=O)O)C1. The molecule has 0 bridgehead atoms. The molecule has 1 N–H and O–H groups in total. The van der Waals surface area contributed by atoms with Crippen LogP contribution in [0.1, 0.15) is 31.7 Å². The third-order valence-corrected chi connectivity index (χ3v) is 6.20. The molecule has 3 rings (SSSR count). The van der Waals surface area contributed by atoms with Gasteiger partial charge >= 0.3 is 5.97 Å². The fourth-order valence-electron chi connectivity index (χ4n) is 4.70. The molecule has 0 radical (unpaired) electrons. The average molecular weight is 386 g/mol. The quantitative estimate of drug-likeness (QED) is 0.782. The monoisotopic (exact) mass is 385 g/mol. The predicted octanol–water partition coefficient (Wildman–Crippen LogP) is 2.89. The van der Waals surface area contributed by atoms with E-state index in [1.54, 1.807) is 0 Å². The van der Waals surface area contributed by atoms with Gasteiger partial charge in [0.25, 0.3) is 0 Å². The van der Waals surface area contributed by atoms with Crippen molar-refractivity contribution >= 4 is 12.0 Å². The van der Waals surface area contributed by atoms with Crippen molar-refractivity contribution in [1.29, 1.82) is 0 Å². The van der Waals surface area contributed by atoms with E-state index in [2.05, 4.69) is 59.0 Å². The predicted molar refractivity (Wildman–Crippen MR) is 114 cm³/mol. The van der Waals surface area contributed by atoms with Gasteiger partial charge in [0.2, 0.25) is 0 Å². The minimum Gasteiger partial charge on any atom is -0.481 e. The molecule has 5 heteroatoms. The summed E-state index contributed by atoms with van der Waals surface area (Å²) in [6, 6.07) is 11.0. The number of carbonyl (C=O) groups is 1. The Labute approximate surface area is 169 Å². The van der Waals surface area contributed by atoms with Crippen LogP contribution >= 0.6 is 0 Å². The molecule has 1 aromatic carbocycles. The Hall–Kier alpha value is -1.69. The van der Waals surface area contributed by atoms with Gasteiger partial charge in [-0.3, -0.25) is 14.6 Å². The molecule has 2 heterocycles. The van der Waals surface area contributed by atoms with Gasteiger partial charge in [-0.1, -0.05) is 42.0 Å². The Morgan fingerprint density at radius 1 is 1.14 bits per heavy atom. The first-order valence-electron chi connectivity index (χ1n) is 10.6. The third kappa shape index (κ3) is 6.16. The Morgan fingerprint density at radius 3 is 2.54 bits per heavy atom. The van der Waals surface area contributed by atoms with Crippen LogP contribution in [-0.2, 0) is 4.79 Å². The van der Waals surface area contributed by atoms with Crippen LogP contribution in [0.25, 0.3) is 6.08 Å². The second-order valence-electron chi connectivity index (χ2n) is 8.52. The average Bonchev–Trinajstić information content (AvgIpc) is 2.68. The molecule has 0 unspecified atom stereocenters. The van der Waals surface area contributed by atoms with Gasteiger partial charge in [0.1, 0.15) is 0 Å². The number of carboxylic acid groups (broad SMARTS) is 1. The zero-order valence-electron chi connectivity index (χ0n) is 17.4. The van der Waals surface area contributed by atoms with Crippen molar-refractivity contribution in [2.75, 3.05) is 52.9 Å². The van der Waals surface area contributed by atoms with Crippen molar-refractivity contribution in [2.45, 2.75) is 32.2 Å². The summed E-state index contributed by atoms with van der Waals surface area (Å²) >= 11 is 0. The number of aliphatic carboxylic acids is 1. The molecule has 0 aliphatic carbocycles. The maximum atomic E-state index is 11.2. The van der Waals surface area contributed by atoms with E-state index in [1.165, 1.54) is 11.1 Å². The normalized spacial score (nSPS) is 25.7. The van der Waals surface area contributed by atoms with Crippen LogP contribution in [0.15, 0.2) is 35.9 Å². The van der Waals surface area contributed by atoms with Crippen LogP contribution < -0.4 is 0 Å². The summed E-state index contributed by atoms with van der Waals surface area (Å²) in [5, 5.41) is 9.21. The molecule has 2 aliphatic rings. The molecular weight excluding hydrogens is 350 g/mol. The molecule has 2 atom stereocenters. The standard InChI is InChI=1S/C23H35N3O2/c1-19(16-20-6-4-3-5-7-20)17-25-11-10-22(21(18-25)8-9-23(27)28)26-14-12-24(2)13-15-26/h3-7,16,21-22H,8-15,17-18H2,1-2H3,(H,27,28)/t21-,22+/m1/s1. The molecule has 28 heavy (non-hydrogen) atoms. The first-order valence-corrected chi connectivity index (χ1v) is 10.6. The minimum atomic E-state index is -0.672. The second kappa shape index (κ2) is 10.2. The molecule has 2 fully saturated rings. The highest BCUT2D eigenvalue weighted by Crippen LogP contribution is 2.27. The molecule has 154 valence electrons. The van der Waals surface area contributed by atoms with Gasteiger partial charge < -0.3 is 10.0 Å². The van der Waals surface area contributed by atoms with Gasteiger partial charge in [0.15, 0.2) is 0 Å². The van der Waals surface area contributed by atoms with Crippen molar-refractivity contribution in [2.24, 2.45) is 5.92 Å². The summed E-state index contributed by atoms with van der Waals surface area (Å²) in [6.07, 6.45) is 4.47. The first kappa shape index (κ1) is 21.0. The lowest BCUT2D eigenvalue weighted by molar-refractivity contribution is -0.137. The van der Waals surface area contributed by atoms with Crippen LogP contribution in [-0.4, -0.2) is 84.7 Å². The number of likely N-dealkylation sites (N-methyl/N-ethyl adjacent to an activating group) is 1. The maximum absolute atomic E-state index is 11.2. The van der Waals surface area contributed by atoms with Crippen LogP contribution in [0.4, 0.5) is 0 Å². The van der Waals surface area contributed by atoms with Crippen molar-refractivity contribution in [1.82, 2.24) is 14.7 Å². The number of piperidine rings is 1. The highest BCUT2D eigenvalue weighted by atomic mass is 16.4. The molecule has 0 aromatic heterocycles. The smallest absolute Gasteiger partial charge is 0.303 e. The van der Waals surface area contributed by atoms with Gasteiger partial charge in [-0.25, -0.2) is 0 Å². The van der Waals surface area contributed by atoms with Crippen LogP contribution in [0.2, 0.25) is 0 Å².